The number of nitrogens with zero attached hydrogens (tertiary/aromatic N) is 1. The van der Waals surface area contributed by atoms with Gasteiger partial charge in [0.1, 0.15) is 23.7 Å². The molecule has 38 heavy (non-hydrogen) atoms. The Kier molecular flexibility index (Phi) is 7.80. The van der Waals surface area contributed by atoms with Crippen LogP contribution in [0, 0.1) is 5.41 Å². The molecule has 2 amide bonds. The smallest absolute Gasteiger partial charge is 0.251 e. The molecule has 0 spiro atoms. The molecule has 0 saturated carbocycles. The van der Waals surface area contributed by atoms with Gasteiger partial charge in [0.15, 0.2) is 5.96 Å². The minimum Gasteiger partial charge on any atom is -0.485 e. The quantitative estimate of drug-likeness (QED) is 0.421. The molecule has 2 aliphatic rings. The fraction of sp³-hybridized carbons (Fsp3) is 0.483. The summed E-state index contributed by atoms with van der Waals surface area (Å²) in [4.78, 5) is 27.8. The number of aliphatic hydroxyl groups is 1. The number of para-hydroxylation sites is 1. The predicted octanol–water partition coefficient (Wildman–Crippen LogP) is 3.52. The van der Waals surface area contributed by atoms with Crippen LogP contribution in [0.1, 0.15) is 74.5 Å². The lowest BCUT2D eigenvalue weighted by molar-refractivity contribution is -0.140. The lowest BCUT2D eigenvalue weighted by atomic mass is 9.86. The minimum atomic E-state index is -0.954. The van der Waals surface area contributed by atoms with E-state index in [1.54, 1.807) is 32.0 Å². The second kappa shape index (κ2) is 10.7. The summed E-state index contributed by atoms with van der Waals surface area (Å²) in [5, 5.41) is 25.7. The van der Waals surface area contributed by atoms with E-state index in [1.165, 1.54) is 12.0 Å². The molecular weight excluding hydrogens is 484 g/mol. The molecule has 4 rings (SSSR count). The van der Waals surface area contributed by atoms with Gasteiger partial charge in [-0.15, -0.1) is 0 Å². The first-order valence-corrected chi connectivity index (χ1v) is 13.1. The summed E-state index contributed by atoms with van der Waals surface area (Å²) in [6, 6.07) is 13.8. The Balaban J connectivity index is 1.51. The van der Waals surface area contributed by atoms with E-state index >= 15 is 0 Å². The molecule has 9 nitrogen and oxygen atoms in total. The summed E-state index contributed by atoms with van der Waals surface area (Å²) >= 11 is 0. The van der Waals surface area contributed by atoms with Gasteiger partial charge in [-0.1, -0.05) is 44.2 Å². The van der Waals surface area contributed by atoms with Crippen LogP contribution < -0.4 is 15.4 Å². The van der Waals surface area contributed by atoms with E-state index in [4.69, 9.17) is 14.9 Å². The standard InChI is InChI=1S/C29H38N4O5/c1-6-29(7-2)17-22(34)33(27(30)32-29)23(37-5)16-18-11-10-12-19(15-18)26(36)31-24-20-13-8-9-14-21(20)38-28(3,4)25(24)35/h8-15,23-25,35H,6-7,16-17H2,1-5H3,(H2,30,32)(H,31,36)/t23-,24+,25-/m0/s1. The summed E-state index contributed by atoms with van der Waals surface area (Å²) < 4.78 is 11.6. The zero-order valence-electron chi connectivity index (χ0n) is 22.7. The zero-order chi connectivity index (χ0) is 27.7. The van der Waals surface area contributed by atoms with Gasteiger partial charge >= 0.3 is 0 Å². The third-order valence-electron chi connectivity index (χ3n) is 7.84. The van der Waals surface area contributed by atoms with Crippen LogP contribution in [0.5, 0.6) is 5.75 Å². The average Bonchev–Trinajstić information content (AvgIpc) is 2.90. The Morgan fingerprint density at radius 1 is 1.24 bits per heavy atom. The number of amides is 2. The number of carbonyl (C=O) groups is 2. The number of fused-ring (bicyclic) bond motifs is 1. The lowest BCUT2D eigenvalue weighted by Gasteiger charge is -2.44. The molecule has 2 aromatic carbocycles. The van der Waals surface area contributed by atoms with Gasteiger partial charge in [0.25, 0.3) is 5.91 Å². The molecular formula is C29H38N4O5. The van der Waals surface area contributed by atoms with Crippen molar-refractivity contribution in [1.82, 2.24) is 15.5 Å². The van der Waals surface area contributed by atoms with Crippen molar-refractivity contribution < 1.29 is 24.2 Å². The van der Waals surface area contributed by atoms with Gasteiger partial charge in [0.05, 0.1) is 12.5 Å². The Hall–Kier alpha value is -3.43. The van der Waals surface area contributed by atoms with E-state index < -0.39 is 29.5 Å². The molecule has 0 aromatic heterocycles. The highest BCUT2D eigenvalue weighted by molar-refractivity contribution is 5.99. The van der Waals surface area contributed by atoms with E-state index in [0.717, 1.165) is 18.4 Å². The van der Waals surface area contributed by atoms with Crippen LogP contribution in [0.4, 0.5) is 0 Å². The number of ether oxygens (including phenoxy) is 2. The number of nitrogens with one attached hydrogen (secondary N) is 3. The summed E-state index contributed by atoms with van der Waals surface area (Å²) in [5.74, 6) is 0.159. The fourth-order valence-corrected chi connectivity index (χ4v) is 5.28. The SMILES string of the molecule is CCC1(CC)CC(=O)N([C@H](Cc2cccc(C(=O)N[C@@H]3c4ccccc4OC(C)(C)[C@H]3O)c2)OC)C(=N)N1. The van der Waals surface area contributed by atoms with Gasteiger partial charge in [-0.3, -0.25) is 19.9 Å². The molecule has 3 atom stereocenters. The third-order valence-corrected chi connectivity index (χ3v) is 7.84. The molecule has 0 aliphatic carbocycles. The number of hydrogen-bond donors (Lipinski definition) is 4. The highest BCUT2D eigenvalue weighted by Crippen LogP contribution is 2.39. The highest BCUT2D eigenvalue weighted by atomic mass is 16.5. The molecule has 0 bridgehead atoms. The summed E-state index contributed by atoms with van der Waals surface area (Å²) in [6.45, 7) is 7.60. The van der Waals surface area contributed by atoms with Crippen LogP contribution in [-0.4, -0.2) is 58.4 Å². The van der Waals surface area contributed by atoms with Crippen molar-refractivity contribution in [1.29, 1.82) is 5.41 Å². The Morgan fingerprint density at radius 3 is 2.61 bits per heavy atom. The van der Waals surface area contributed by atoms with Crippen LogP contribution in [-0.2, 0) is 16.0 Å². The van der Waals surface area contributed by atoms with Gasteiger partial charge in [0, 0.05) is 30.2 Å². The number of rotatable bonds is 8. The first kappa shape index (κ1) is 27.6. The van der Waals surface area contributed by atoms with Gasteiger partial charge in [-0.2, -0.15) is 0 Å². The van der Waals surface area contributed by atoms with Crippen LogP contribution in [0.15, 0.2) is 48.5 Å². The van der Waals surface area contributed by atoms with Gasteiger partial charge in [-0.25, -0.2) is 0 Å². The van der Waals surface area contributed by atoms with Crippen LogP contribution in [0.25, 0.3) is 0 Å². The number of aliphatic hydroxyl groups excluding tert-OH is 1. The lowest BCUT2D eigenvalue weighted by Crippen LogP contribution is -2.64. The van der Waals surface area contributed by atoms with E-state index in [9.17, 15) is 14.7 Å². The Bertz CT molecular complexity index is 1190. The molecule has 0 unspecified atom stereocenters. The number of methoxy groups -OCH3 is 1. The molecule has 0 radical (unpaired) electrons. The Labute approximate surface area is 224 Å². The maximum Gasteiger partial charge on any atom is 0.251 e. The maximum atomic E-state index is 13.3. The molecule has 2 heterocycles. The fourth-order valence-electron chi connectivity index (χ4n) is 5.28. The average molecular weight is 523 g/mol. The molecule has 4 N–H and O–H groups in total. The van der Waals surface area contributed by atoms with Crippen molar-refractivity contribution >= 4 is 17.8 Å². The third kappa shape index (κ3) is 5.26. The Morgan fingerprint density at radius 2 is 1.95 bits per heavy atom. The van der Waals surface area contributed by atoms with Crippen LogP contribution >= 0.6 is 0 Å². The second-order valence-electron chi connectivity index (χ2n) is 10.6. The van der Waals surface area contributed by atoms with E-state index in [-0.39, 0.29) is 24.2 Å². The molecule has 9 heteroatoms. The minimum absolute atomic E-state index is 0.0282. The van der Waals surface area contributed by atoms with Crippen molar-refractivity contribution in [3.63, 3.8) is 0 Å². The first-order chi connectivity index (χ1) is 18.0. The number of hydrogen-bond acceptors (Lipinski definition) is 6. The van der Waals surface area contributed by atoms with E-state index in [0.29, 0.717) is 23.3 Å². The molecule has 2 aliphatic heterocycles. The van der Waals surface area contributed by atoms with Crippen molar-refractivity contribution in [2.75, 3.05) is 7.11 Å². The molecule has 1 fully saturated rings. The van der Waals surface area contributed by atoms with Crippen LogP contribution in [0.3, 0.4) is 0 Å². The van der Waals surface area contributed by atoms with Gasteiger partial charge < -0.3 is 25.2 Å². The number of carbonyl (C=O) groups excluding carboxylic acids is 2. The van der Waals surface area contributed by atoms with Gasteiger partial charge in [-0.05, 0) is 50.5 Å². The second-order valence-corrected chi connectivity index (χ2v) is 10.6. The molecule has 1 saturated heterocycles. The number of benzene rings is 2. The monoisotopic (exact) mass is 522 g/mol. The van der Waals surface area contributed by atoms with Crippen LogP contribution in [0.2, 0.25) is 0 Å². The summed E-state index contributed by atoms with van der Waals surface area (Å²) in [5.41, 5.74) is 0.616. The largest absolute Gasteiger partial charge is 0.485 e. The maximum absolute atomic E-state index is 13.3. The van der Waals surface area contributed by atoms with Crippen molar-refractivity contribution in [3.05, 3.63) is 65.2 Å². The van der Waals surface area contributed by atoms with E-state index in [2.05, 4.69) is 10.6 Å². The van der Waals surface area contributed by atoms with Crippen molar-refractivity contribution in [2.24, 2.45) is 0 Å². The normalized spacial score (nSPS) is 22.6. The van der Waals surface area contributed by atoms with Gasteiger partial charge in [0.2, 0.25) is 5.91 Å². The molecule has 204 valence electrons. The summed E-state index contributed by atoms with van der Waals surface area (Å²) in [7, 11) is 1.51. The topological polar surface area (TPSA) is 124 Å². The van der Waals surface area contributed by atoms with Crippen molar-refractivity contribution in [2.45, 2.75) is 82.9 Å². The van der Waals surface area contributed by atoms with E-state index in [1.807, 2.05) is 44.2 Å². The summed E-state index contributed by atoms with van der Waals surface area (Å²) in [6.07, 6.45) is 0.416. The number of guanidine groups is 1. The molecule has 2 aromatic rings. The first-order valence-electron chi connectivity index (χ1n) is 13.1. The zero-order valence-corrected chi connectivity index (χ0v) is 22.7. The van der Waals surface area contributed by atoms with Crippen molar-refractivity contribution in [3.8, 4) is 5.75 Å². The highest BCUT2D eigenvalue weighted by Gasteiger charge is 2.44. The predicted molar refractivity (Wildman–Crippen MR) is 144 cm³/mol.